The molecule has 0 bridgehead atoms. The van der Waals surface area contributed by atoms with E-state index in [1.807, 2.05) is 0 Å². The molecule has 7 heterocycles. The summed E-state index contributed by atoms with van der Waals surface area (Å²) in [6.45, 7) is -1.40. The number of nitrogens with zero attached hydrogens (tertiary/aromatic N) is 8. The fourth-order valence-electron chi connectivity index (χ4n) is 5.33. The van der Waals surface area contributed by atoms with Crippen molar-refractivity contribution in [3.05, 3.63) is 25.3 Å². The highest BCUT2D eigenvalue weighted by Gasteiger charge is 2.58. The normalized spacial score (nSPS) is 35.0. The Morgan fingerprint density at radius 2 is 1.48 bits per heavy atom. The number of aliphatic hydroxyl groups excluding tert-OH is 2. The van der Waals surface area contributed by atoms with Gasteiger partial charge in [-0.05, 0) is 0 Å². The molecule has 24 heteroatoms. The molecule has 3 fully saturated rings. The van der Waals surface area contributed by atoms with Crippen molar-refractivity contribution >= 4 is 49.6 Å². The molecule has 0 saturated carbocycles. The maximum atomic E-state index is 13.1. The smallest absolute Gasteiger partial charge is 0.394 e. The Morgan fingerprint density at radius 3 is 2.09 bits per heavy atom. The Hall–Kier alpha value is -3.24. The molecule has 10 atom stereocenters. The molecule has 22 nitrogen and oxygen atoms in total. The predicted molar refractivity (Wildman–Crippen MR) is 141 cm³/mol. The van der Waals surface area contributed by atoms with Gasteiger partial charge in [-0.25, -0.2) is 39.0 Å². The average molecular weight is 658 g/mol. The van der Waals surface area contributed by atoms with Gasteiger partial charge in [-0.3, -0.25) is 27.2 Å². The van der Waals surface area contributed by atoms with Gasteiger partial charge >= 0.3 is 15.6 Å². The highest BCUT2D eigenvalue weighted by Crippen LogP contribution is 2.59. The van der Waals surface area contributed by atoms with Gasteiger partial charge in [0.05, 0.1) is 25.9 Å². The largest absolute Gasteiger partial charge is 0.473 e. The van der Waals surface area contributed by atoms with Crippen molar-refractivity contribution in [1.29, 1.82) is 0 Å². The number of phosphoric ester groups is 2. The first-order chi connectivity index (χ1) is 21.0. The van der Waals surface area contributed by atoms with E-state index in [9.17, 15) is 29.1 Å². The fraction of sp³-hybridized carbons (Fsp3) is 0.500. The third-order valence-electron chi connectivity index (χ3n) is 7.26. The number of fused-ring (bicyclic) bond motifs is 3. The van der Waals surface area contributed by atoms with E-state index in [4.69, 9.17) is 39.0 Å². The van der Waals surface area contributed by atoms with Crippen LogP contribution in [0.15, 0.2) is 25.3 Å². The number of rotatable bonds is 8. The lowest BCUT2D eigenvalue weighted by Crippen LogP contribution is -2.36. The van der Waals surface area contributed by atoms with E-state index in [-0.39, 0.29) is 34.0 Å². The molecular weight excluding hydrogens is 634 g/mol. The van der Waals surface area contributed by atoms with Crippen LogP contribution in [-0.4, -0.2) is 109 Å². The van der Waals surface area contributed by atoms with Gasteiger partial charge in [0, 0.05) is 0 Å². The molecule has 4 aromatic rings. The minimum atomic E-state index is -5.02. The topological polar surface area (TPSA) is 310 Å². The molecule has 44 heavy (non-hydrogen) atoms. The summed E-state index contributed by atoms with van der Waals surface area (Å²) in [5.41, 5.74) is 12.5. The van der Waals surface area contributed by atoms with Crippen molar-refractivity contribution in [2.45, 2.75) is 49.1 Å². The Labute approximate surface area is 244 Å². The van der Waals surface area contributed by atoms with Crippen LogP contribution >= 0.6 is 15.6 Å². The Morgan fingerprint density at radius 1 is 0.909 bits per heavy atom. The molecule has 0 aromatic carbocycles. The minimum Gasteiger partial charge on any atom is -0.394 e. The maximum Gasteiger partial charge on any atom is 0.473 e. The number of phosphoric acid groups is 2. The zero-order valence-electron chi connectivity index (χ0n) is 22.0. The fourth-order valence-corrected chi connectivity index (χ4v) is 7.44. The molecule has 4 aromatic heterocycles. The van der Waals surface area contributed by atoms with E-state index in [0.717, 1.165) is 0 Å². The molecule has 0 aliphatic carbocycles. The minimum absolute atomic E-state index is 0.0763. The molecular formula is C20H24N10O12P2. The number of nitrogen functional groups attached to an aromatic ring is 2. The molecule has 2 unspecified atom stereocenters. The highest BCUT2D eigenvalue weighted by atomic mass is 31.2. The van der Waals surface area contributed by atoms with Gasteiger partial charge in [0.1, 0.15) is 60.3 Å². The monoisotopic (exact) mass is 658 g/mol. The number of imidazole rings is 2. The summed E-state index contributed by atoms with van der Waals surface area (Å²) >= 11 is 0. The van der Waals surface area contributed by atoms with Crippen LogP contribution in [0.25, 0.3) is 22.3 Å². The number of aliphatic hydroxyl groups is 2. The quantitative estimate of drug-likeness (QED) is 0.116. The van der Waals surface area contributed by atoms with Crippen molar-refractivity contribution in [1.82, 2.24) is 39.0 Å². The number of hydrogen-bond donors (Lipinski definition) is 6. The molecule has 8 N–H and O–H groups in total. The zero-order valence-corrected chi connectivity index (χ0v) is 23.8. The standard InChI is InChI=1S/C20H24N10O12P2/c21-15-9-17(25-3-23-15)29(5-27-9)19-11(32)12(7(1-31)38-19)40-43(33,34)37-2-8-13-14(42-44(35,36)41-13)20(39-8)30-6-28-10-16(22)24-4-26-18(10)30/h3-8,11-14,19-20,31-32H,1-2H2,(H,33,34)(H,35,36)(H2,21,23,25)(H2,22,24,26)/t7-,8+,11-,12-,13+,14+,19-,20+/m1/s1. The van der Waals surface area contributed by atoms with E-state index >= 15 is 0 Å². The summed E-state index contributed by atoms with van der Waals surface area (Å²) in [6, 6.07) is 0. The molecule has 236 valence electrons. The predicted octanol–water partition coefficient (Wildman–Crippen LogP) is -1.63. The lowest BCUT2D eigenvalue weighted by Gasteiger charge is -2.24. The second-order valence-corrected chi connectivity index (χ2v) is 12.7. The van der Waals surface area contributed by atoms with Crippen LogP contribution in [0.4, 0.5) is 11.6 Å². The average Bonchev–Trinajstić information content (AvgIpc) is 3.77. The van der Waals surface area contributed by atoms with Crippen LogP contribution in [0.2, 0.25) is 0 Å². The summed E-state index contributed by atoms with van der Waals surface area (Å²) in [6.07, 6.45) is -5.53. The van der Waals surface area contributed by atoms with Crippen LogP contribution in [0, 0.1) is 0 Å². The van der Waals surface area contributed by atoms with E-state index in [0.29, 0.717) is 0 Å². The molecule has 3 aliphatic heterocycles. The Balaban J connectivity index is 1.07. The SMILES string of the molecule is Nc1ncnc2c1ncn2[C@@H]1O[C@H](CO)[C@@H](OP(=O)(O)OC[C@@H]2O[C@H](n3cnc4c(N)ncnc43)[C@H]3OP(=O)(O)O[C@H]32)[C@H]1O. The maximum absolute atomic E-state index is 13.1. The summed E-state index contributed by atoms with van der Waals surface area (Å²) < 4.78 is 60.4. The van der Waals surface area contributed by atoms with E-state index < -0.39 is 77.9 Å². The third-order valence-corrected chi connectivity index (χ3v) is 9.27. The second kappa shape index (κ2) is 10.7. The van der Waals surface area contributed by atoms with Gasteiger partial charge in [0.2, 0.25) is 0 Å². The number of aromatic nitrogens is 8. The zero-order chi connectivity index (χ0) is 31.0. The van der Waals surface area contributed by atoms with Crippen molar-refractivity contribution in [2.75, 3.05) is 24.7 Å². The van der Waals surface area contributed by atoms with E-state index in [1.165, 1.54) is 34.4 Å². The molecule has 0 amide bonds. The molecule has 0 radical (unpaired) electrons. The van der Waals surface area contributed by atoms with Crippen molar-refractivity contribution < 1.29 is 56.7 Å². The first kappa shape index (κ1) is 29.5. The van der Waals surface area contributed by atoms with Crippen LogP contribution in [0.1, 0.15) is 12.5 Å². The summed E-state index contributed by atoms with van der Waals surface area (Å²) in [5.74, 6) is 0.158. The van der Waals surface area contributed by atoms with Crippen molar-refractivity contribution in [2.24, 2.45) is 0 Å². The Kier molecular flexibility index (Phi) is 7.16. The molecule has 0 spiro atoms. The van der Waals surface area contributed by atoms with Gasteiger partial charge in [-0.2, -0.15) is 0 Å². The first-order valence-electron chi connectivity index (χ1n) is 12.8. The number of nitrogens with two attached hydrogens (primary N) is 2. The summed E-state index contributed by atoms with van der Waals surface area (Å²) in [5, 5.41) is 20.9. The van der Waals surface area contributed by atoms with Crippen LogP contribution in [0.5, 0.6) is 0 Å². The molecule has 3 aliphatic rings. The van der Waals surface area contributed by atoms with Crippen molar-refractivity contribution in [3.63, 3.8) is 0 Å². The summed E-state index contributed by atoms with van der Waals surface area (Å²) in [7, 11) is -9.54. The molecule has 3 saturated heterocycles. The summed E-state index contributed by atoms with van der Waals surface area (Å²) in [4.78, 5) is 44.7. The van der Waals surface area contributed by atoms with Crippen LogP contribution in [-0.2, 0) is 36.7 Å². The van der Waals surface area contributed by atoms with Gasteiger partial charge < -0.3 is 40.9 Å². The number of anilines is 2. The number of ether oxygens (including phenoxy) is 2. The van der Waals surface area contributed by atoms with E-state index in [2.05, 4.69) is 29.9 Å². The third kappa shape index (κ3) is 4.94. The van der Waals surface area contributed by atoms with Gasteiger partial charge in [0.25, 0.3) is 0 Å². The first-order valence-corrected chi connectivity index (χ1v) is 15.8. The van der Waals surface area contributed by atoms with Crippen LogP contribution in [0.3, 0.4) is 0 Å². The van der Waals surface area contributed by atoms with Gasteiger partial charge in [0.15, 0.2) is 35.4 Å². The molecule has 7 rings (SSSR count). The van der Waals surface area contributed by atoms with Crippen molar-refractivity contribution in [3.8, 4) is 0 Å². The lowest BCUT2D eigenvalue weighted by atomic mass is 10.1. The second-order valence-electron chi connectivity index (χ2n) is 9.91. The van der Waals surface area contributed by atoms with Crippen LogP contribution < -0.4 is 11.5 Å². The van der Waals surface area contributed by atoms with Gasteiger partial charge in [-0.15, -0.1) is 0 Å². The van der Waals surface area contributed by atoms with E-state index in [1.54, 1.807) is 0 Å². The number of hydrogen-bond acceptors (Lipinski definition) is 18. The van der Waals surface area contributed by atoms with Gasteiger partial charge in [-0.1, -0.05) is 0 Å². The highest BCUT2D eigenvalue weighted by molar-refractivity contribution is 7.47. The Bertz CT molecular complexity index is 1820. The lowest BCUT2D eigenvalue weighted by molar-refractivity contribution is -0.0642.